The van der Waals surface area contributed by atoms with E-state index in [1.54, 1.807) is 0 Å². The Kier molecular flexibility index (Phi) is 6.57. The molecule has 1 aromatic heterocycles. The van der Waals surface area contributed by atoms with Crippen molar-refractivity contribution >= 4 is 23.8 Å². The van der Waals surface area contributed by atoms with E-state index in [4.69, 9.17) is 9.47 Å². The number of hydrogen-bond acceptors (Lipinski definition) is 6. The van der Waals surface area contributed by atoms with Crippen molar-refractivity contribution < 1.29 is 29.0 Å². The summed E-state index contributed by atoms with van der Waals surface area (Å²) in [6.07, 6.45) is 0.464. The Hall–Kier alpha value is -4.18. The molecule has 4 rings (SSSR count). The number of nitrogens with zero attached hydrogens (tertiary/aromatic N) is 2. The minimum absolute atomic E-state index is 0.0773. The normalized spacial score (nSPS) is 13.9. The van der Waals surface area contributed by atoms with Crippen LogP contribution in [0.2, 0.25) is 0 Å². The zero-order valence-corrected chi connectivity index (χ0v) is 19.6. The van der Waals surface area contributed by atoms with Crippen molar-refractivity contribution in [1.82, 2.24) is 15.1 Å². The van der Waals surface area contributed by atoms with Crippen molar-refractivity contribution in [2.45, 2.75) is 18.4 Å². The minimum atomic E-state index is -1.55. The number of aryl methyl sites for hydroxylation is 1. The summed E-state index contributed by atoms with van der Waals surface area (Å²) >= 11 is 0. The van der Waals surface area contributed by atoms with Gasteiger partial charge >= 0.3 is 12.1 Å². The smallest absolute Gasteiger partial charge is 0.408 e. The summed E-state index contributed by atoms with van der Waals surface area (Å²) in [6.45, 7) is 1.35. The zero-order valence-electron chi connectivity index (χ0n) is 19.6. The lowest BCUT2D eigenvalue weighted by Gasteiger charge is -2.28. The molecule has 2 aromatic carbocycles. The Labute approximate surface area is 201 Å². The van der Waals surface area contributed by atoms with E-state index in [2.05, 4.69) is 15.7 Å². The average Bonchev–Trinajstić information content (AvgIpc) is 3.35. The molecule has 3 N–H and O–H groups in total. The topological polar surface area (TPSA) is 132 Å². The molecular weight excluding hydrogens is 452 g/mol. The number of carboxylic acids is 1. The van der Waals surface area contributed by atoms with E-state index in [9.17, 15) is 19.5 Å². The van der Waals surface area contributed by atoms with Crippen molar-refractivity contribution in [3.05, 3.63) is 71.4 Å². The van der Waals surface area contributed by atoms with Crippen molar-refractivity contribution in [3.8, 4) is 11.1 Å². The van der Waals surface area contributed by atoms with Gasteiger partial charge in [-0.2, -0.15) is 5.10 Å². The van der Waals surface area contributed by atoms with Gasteiger partial charge in [0.2, 0.25) is 0 Å². The van der Waals surface area contributed by atoms with Gasteiger partial charge in [-0.3, -0.25) is 9.48 Å². The number of carbonyl (C=O) groups is 3. The highest BCUT2D eigenvalue weighted by Gasteiger charge is 2.38. The Balaban J connectivity index is 1.47. The number of amides is 2. The van der Waals surface area contributed by atoms with E-state index in [-0.39, 0.29) is 30.5 Å². The number of aromatic carboxylic acids is 1. The third kappa shape index (κ3) is 4.73. The highest BCUT2D eigenvalue weighted by atomic mass is 16.5. The standard InChI is InChI=1S/C25H26N4O6/c1-25(14-34-3,23(32)26-21-19(22(30)31)12-29(2)28-21)27-24(33)35-13-20-17-10-6-4-8-15(17)16-9-5-7-11-18(16)20/h4-12,20H,13-14H2,1-3H3,(H,27,33)(H,30,31)(H,26,28,32). The Morgan fingerprint density at radius 1 is 1.09 bits per heavy atom. The van der Waals surface area contributed by atoms with Crippen LogP contribution in [0.25, 0.3) is 11.1 Å². The van der Waals surface area contributed by atoms with Crippen molar-refractivity contribution in [1.29, 1.82) is 0 Å². The van der Waals surface area contributed by atoms with Crippen LogP contribution in [0.5, 0.6) is 0 Å². The largest absolute Gasteiger partial charge is 0.477 e. The van der Waals surface area contributed by atoms with Gasteiger partial charge in [-0.15, -0.1) is 0 Å². The van der Waals surface area contributed by atoms with Crippen LogP contribution in [0.15, 0.2) is 54.7 Å². The van der Waals surface area contributed by atoms with Crippen LogP contribution in [0, 0.1) is 0 Å². The number of alkyl carbamates (subject to hydrolysis) is 1. The maximum absolute atomic E-state index is 13.0. The molecule has 0 bridgehead atoms. The maximum atomic E-state index is 13.0. The molecule has 35 heavy (non-hydrogen) atoms. The number of carboxylic acid groups (broad SMARTS) is 1. The fraction of sp³-hybridized carbons (Fsp3) is 0.280. The van der Waals surface area contributed by atoms with Crippen LogP contribution in [-0.2, 0) is 21.3 Å². The molecule has 1 heterocycles. The fourth-order valence-electron chi connectivity index (χ4n) is 4.29. The third-order valence-electron chi connectivity index (χ3n) is 5.95. The third-order valence-corrected chi connectivity index (χ3v) is 5.95. The second kappa shape index (κ2) is 9.59. The monoisotopic (exact) mass is 478 g/mol. The van der Waals surface area contributed by atoms with Gasteiger partial charge in [-0.25, -0.2) is 9.59 Å². The van der Waals surface area contributed by atoms with Gasteiger partial charge in [0.15, 0.2) is 5.82 Å². The first-order valence-corrected chi connectivity index (χ1v) is 10.9. The Morgan fingerprint density at radius 2 is 1.69 bits per heavy atom. The molecule has 1 unspecified atom stereocenters. The van der Waals surface area contributed by atoms with Crippen LogP contribution in [0.1, 0.15) is 34.3 Å². The van der Waals surface area contributed by atoms with E-state index >= 15 is 0 Å². The molecule has 182 valence electrons. The second-order valence-electron chi connectivity index (χ2n) is 8.54. The van der Waals surface area contributed by atoms with Gasteiger partial charge in [0, 0.05) is 26.3 Å². The summed E-state index contributed by atoms with van der Waals surface area (Å²) in [7, 11) is 2.92. The first-order valence-electron chi connectivity index (χ1n) is 10.9. The number of nitrogens with one attached hydrogen (secondary N) is 2. The van der Waals surface area contributed by atoms with Crippen LogP contribution in [-0.4, -0.2) is 58.7 Å². The minimum Gasteiger partial charge on any atom is -0.477 e. The molecule has 1 aliphatic carbocycles. The number of hydrogen-bond donors (Lipinski definition) is 3. The zero-order chi connectivity index (χ0) is 25.2. The number of fused-ring (bicyclic) bond motifs is 3. The van der Waals surface area contributed by atoms with Crippen LogP contribution < -0.4 is 10.6 Å². The van der Waals surface area contributed by atoms with Gasteiger partial charge in [0.05, 0.1) is 6.61 Å². The van der Waals surface area contributed by atoms with Crippen LogP contribution >= 0.6 is 0 Å². The summed E-state index contributed by atoms with van der Waals surface area (Å²) < 4.78 is 12.0. The van der Waals surface area contributed by atoms with Crippen molar-refractivity contribution in [2.24, 2.45) is 7.05 Å². The van der Waals surface area contributed by atoms with Gasteiger partial charge in [0.25, 0.3) is 5.91 Å². The molecular formula is C25H26N4O6. The van der Waals surface area contributed by atoms with E-state index < -0.39 is 23.5 Å². The lowest BCUT2D eigenvalue weighted by atomic mass is 9.98. The molecule has 0 saturated carbocycles. The number of carbonyl (C=O) groups excluding carboxylic acids is 2. The molecule has 2 amide bonds. The number of benzene rings is 2. The van der Waals surface area contributed by atoms with Crippen LogP contribution in [0.3, 0.4) is 0 Å². The Bertz CT molecular complexity index is 1240. The SMILES string of the molecule is COCC(C)(NC(=O)OCC1c2ccccc2-c2ccccc21)C(=O)Nc1nn(C)cc1C(=O)O. The maximum Gasteiger partial charge on any atom is 0.408 e. The van der Waals surface area contributed by atoms with E-state index in [1.807, 2.05) is 48.5 Å². The summed E-state index contributed by atoms with van der Waals surface area (Å²) in [5, 5.41) is 18.3. The van der Waals surface area contributed by atoms with E-state index in [1.165, 1.54) is 32.0 Å². The molecule has 0 radical (unpaired) electrons. The number of ether oxygens (including phenoxy) is 2. The predicted molar refractivity (Wildman–Crippen MR) is 127 cm³/mol. The lowest BCUT2D eigenvalue weighted by molar-refractivity contribution is -0.123. The van der Waals surface area contributed by atoms with Crippen molar-refractivity contribution in [2.75, 3.05) is 25.6 Å². The molecule has 0 saturated heterocycles. The van der Waals surface area contributed by atoms with Gasteiger partial charge in [0.1, 0.15) is 17.7 Å². The number of aromatic nitrogens is 2. The quantitative estimate of drug-likeness (QED) is 0.453. The van der Waals surface area contributed by atoms with Gasteiger partial charge in [-0.05, 0) is 29.2 Å². The van der Waals surface area contributed by atoms with Crippen LogP contribution in [0.4, 0.5) is 10.6 Å². The molecule has 0 spiro atoms. The van der Waals surface area contributed by atoms with Gasteiger partial charge in [-0.1, -0.05) is 48.5 Å². The summed E-state index contributed by atoms with van der Waals surface area (Å²) in [5.74, 6) is -2.22. The average molecular weight is 479 g/mol. The molecule has 1 atom stereocenters. The first-order chi connectivity index (χ1) is 16.7. The second-order valence-corrected chi connectivity index (χ2v) is 8.54. The first kappa shape index (κ1) is 24.0. The summed E-state index contributed by atoms with van der Waals surface area (Å²) in [4.78, 5) is 37.2. The molecule has 3 aromatic rings. The predicted octanol–water partition coefficient (Wildman–Crippen LogP) is 3.00. The number of rotatable bonds is 8. The van der Waals surface area contributed by atoms with Crippen molar-refractivity contribution in [3.63, 3.8) is 0 Å². The summed E-state index contributed by atoms with van der Waals surface area (Å²) in [5.41, 5.74) is 2.60. The summed E-state index contributed by atoms with van der Waals surface area (Å²) in [6, 6.07) is 15.9. The fourth-order valence-corrected chi connectivity index (χ4v) is 4.29. The molecule has 10 heteroatoms. The lowest BCUT2D eigenvalue weighted by Crippen LogP contribution is -2.57. The van der Waals surface area contributed by atoms with Gasteiger partial charge < -0.3 is 25.2 Å². The highest BCUT2D eigenvalue weighted by molar-refractivity contribution is 6.03. The molecule has 0 aliphatic heterocycles. The number of anilines is 1. The Morgan fingerprint density at radius 3 is 2.26 bits per heavy atom. The molecule has 0 fully saturated rings. The highest BCUT2D eigenvalue weighted by Crippen LogP contribution is 2.44. The molecule has 1 aliphatic rings. The number of methoxy groups -OCH3 is 1. The van der Waals surface area contributed by atoms with E-state index in [0.29, 0.717) is 0 Å². The molecule has 10 nitrogen and oxygen atoms in total. The van der Waals surface area contributed by atoms with E-state index in [0.717, 1.165) is 22.3 Å².